The van der Waals surface area contributed by atoms with Gasteiger partial charge in [-0.1, -0.05) is 78.9 Å². The average Bonchev–Trinajstić information content (AvgIpc) is 3.44. The van der Waals surface area contributed by atoms with Crippen molar-refractivity contribution in [2.75, 3.05) is 6.61 Å². The SMILES string of the molecule is O=C(NC(Cc1cncn1Cc1ccccc1)C(=O)O)OCC1c2ccccc2-c2ccccc21. The number of carbonyl (C=O) groups is 2. The number of carboxylic acid groups (broad SMARTS) is 1. The summed E-state index contributed by atoms with van der Waals surface area (Å²) in [5, 5.41) is 12.3. The molecular formula is C28H25N3O4. The van der Waals surface area contributed by atoms with Crippen molar-refractivity contribution in [3.8, 4) is 11.1 Å². The minimum absolute atomic E-state index is 0.0896. The van der Waals surface area contributed by atoms with Crippen molar-refractivity contribution in [1.82, 2.24) is 14.9 Å². The first kappa shape index (κ1) is 22.4. The number of aliphatic carboxylic acids is 1. The molecule has 2 N–H and O–H groups in total. The van der Waals surface area contributed by atoms with Gasteiger partial charge < -0.3 is 19.7 Å². The quantitative estimate of drug-likeness (QED) is 0.399. The Morgan fingerprint density at radius 1 is 0.943 bits per heavy atom. The second-order valence-corrected chi connectivity index (χ2v) is 8.56. The lowest BCUT2D eigenvalue weighted by atomic mass is 9.98. The van der Waals surface area contributed by atoms with Crippen LogP contribution in [0.5, 0.6) is 0 Å². The Kier molecular flexibility index (Phi) is 6.30. The van der Waals surface area contributed by atoms with Crippen molar-refractivity contribution in [2.45, 2.75) is 24.9 Å². The third-order valence-corrected chi connectivity index (χ3v) is 6.34. The molecule has 3 aromatic carbocycles. The van der Waals surface area contributed by atoms with Gasteiger partial charge in [-0.25, -0.2) is 14.6 Å². The van der Waals surface area contributed by atoms with E-state index >= 15 is 0 Å². The standard InChI is InChI=1S/C28H25N3O4/c32-27(33)26(14-20-15-29-18-31(20)16-19-8-2-1-3-9-19)30-28(34)35-17-25-23-12-6-4-10-21(23)22-11-5-7-13-24(22)25/h1-13,15,18,25-26H,14,16-17H2,(H,30,34)(H,32,33). The lowest BCUT2D eigenvalue weighted by molar-refractivity contribution is -0.139. The molecule has 1 aliphatic carbocycles. The predicted molar refractivity (Wildman–Crippen MR) is 131 cm³/mol. The van der Waals surface area contributed by atoms with Crippen LogP contribution in [0, 0.1) is 0 Å². The van der Waals surface area contributed by atoms with E-state index in [1.54, 1.807) is 12.5 Å². The molecule has 1 amide bonds. The zero-order valence-electron chi connectivity index (χ0n) is 19.0. The number of amides is 1. The zero-order valence-corrected chi connectivity index (χ0v) is 19.0. The van der Waals surface area contributed by atoms with Crippen LogP contribution in [0.4, 0.5) is 4.79 Å². The second-order valence-electron chi connectivity index (χ2n) is 8.56. The van der Waals surface area contributed by atoms with Crippen LogP contribution in [0.15, 0.2) is 91.4 Å². The van der Waals surface area contributed by atoms with E-state index in [0.29, 0.717) is 12.2 Å². The molecule has 7 nitrogen and oxygen atoms in total. The fourth-order valence-corrected chi connectivity index (χ4v) is 4.63. The molecule has 1 aliphatic rings. The van der Waals surface area contributed by atoms with Crippen molar-refractivity contribution in [1.29, 1.82) is 0 Å². The van der Waals surface area contributed by atoms with E-state index in [9.17, 15) is 14.7 Å². The Hall–Kier alpha value is -4.39. The van der Waals surface area contributed by atoms with Crippen LogP contribution in [0.25, 0.3) is 11.1 Å². The number of aromatic nitrogens is 2. The highest BCUT2D eigenvalue weighted by Crippen LogP contribution is 2.44. The smallest absolute Gasteiger partial charge is 0.407 e. The number of fused-ring (bicyclic) bond motifs is 3. The Morgan fingerprint density at radius 3 is 2.23 bits per heavy atom. The van der Waals surface area contributed by atoms with E-state index in [-0.39, 0.29) is 18.9 Å². The molecule has 0 spiro atoms. The van der Waals surface area contributed by atoms with Crippen LogP contribution in [0.1, 0.15) is 28.3 Å². The average molecular weight is 468 g/mol. The third-order valence-electron chi connectivity index (χ3n) is 6.34. The highest BCUT2D eigenvalue weighted by atomic mass is 16.5. The molecule has 1 atom stereocenters. The van der Waals surface area contributed by atoms with E-state index in [1.807, 2.05) is 71.3 Å². The number of carboxylic acids is 1. The van der Waals surface area contributed by atoms with E-state index in [2.05, 4.69) is 22.4 Å². The normalized spacial score (nSPS) is 13.0. The topological polar surface area (TPSA) is 93.5 Å². The third kappa shape index (κ3) is 4.80. The molecule has 5 rings (SSSR count). The van der Waals surface area contributed by atoms with Gasteiger partial charge in [-0.15, -0.1) is 0 Å². The number of carbonyl (C=O) groups excluding carboxylic acids is 1. The van der Waals surface area contributed by atoms with Gasteiger partial charge in [0.05, 0.1) is 6.33 Å². The summed E-state index contributed by atoms with van der Waals surface area (Å²) in [6, 6.07) is 24.8. The molecule has 0 radical (unpaired) electrons. The molecule has 4 aromatic rings. The van der Waals surface area contributed by atoms with Gasteiger partial charge in [0.15, 0.2) is 0 Å². The van der Waals surface area contributed by atoms with Crippen molar-refractivity contribution in [2.24, 2.45) is 0 Å². The molecule has 0 fully saturated rings. The molecule has 1 heterocycles. The molecule has 35 heavy (non-hydrogen) atoms. The second kappa shape index (κ2) is 9.85. The van der Waals surface area contributed by atoms with Gasteiger partial charge in [0.25, 0.3) is 0 Å². The molecule has 0 saturated carbocycles. The molecule has 1 aromatic heterocycles. The summed E-state index contributed by atoms with van der Waals surface area (Å²) in [7, 11) is 0. The summed E-state index contributed by atoms with van der Waals surface area (Å²) >= 11 is 0. The van der Waals surface area contributed by atoms with Crippen LogP contribution < -0.4 is 5.32 Å². The van der Waals surface area contributed by atoms with E-state index in [0.717, 1.165) is 27.8 Å². The van der Waals surface area contributed by atoms with Crippen molar-refractivity contribution in [3.63, 3.8) is 0 Å². The molecule has 1 unspecified atom stereocenters. The first-order valence-electron chi connectivity index (χ1n) is 11.5. The number of rotatable bonds is 8. The first-order chi connectivity index (χ1) is 17.1. The maximum atomic E-state index is 12.6. The number of imidazole rings is 1. The lowest BCUT2D eigenvalue weighted by Gasteiger charge is -2.18. The monoisotopic (exact) mass is 467 g/mol. The molecule has 0 bridgehead atoms. The van der Waals surface area contributed by atoms with Gasteiger partial charge in [0.2, 0.25) is 0 Å². The Labute approximate surface area is 203 Å². The fourth-order valence-electron chi connectivity index (χ4n) is 4.63. The summed E-state index contributed by atoms with van der Waals surface area (Å²) in [6.45, 7) is 0.686. The van der Waals surface area contributed by atoms with Gasteiger partial charge in [-0.05, 0) is 27.8 Å². The van der Waals surface area contributed by atoms with Gasteiger partial charge in [-0.2, -0.15) is 0 Å². The van der Waals surface area contributed by atoms with Crippen LogP contribution in [-0.4, -0.2) is 39.4 Å². The number of alkyl carbamates (subject to hydrolysis) is 1. The van der Waals surface area contributed by atoms with E-state index < -0.39 is 18.1 Å². The van der Waals surface area contributed by atoms with Gasteiger partial charge in [-0.3, -0.25) is 0 Å². The van der Waals surface area contributed by atoms with Crippen molar-refractivity contribution in [3.05, 3.63) is 114 Å². The highest BCUT2D eigenvalue weighted by molar-refractivity contribution is 5.81. The summed E-state index contributed by atoms with van der Waals surface area (Å²) in [5.41, 5.74) is 6.24. The highest BCUT2D eigenvalue weighted by Gasteiger charge is 2.30. The lowest BCUT2D eigenvalue weighted by Crippen LogP contribution is -2.43. The van der Waals surface area contributed by atoms with Crippen LogP contribution >= 0.6 is 0 Å². The maximum Gasteiger partial charge on any atom is 0.407 e. The molecular weight excluding hydrogens is 442 g/mol. The number of hydrogen-bond acceptors (Lipinski definition) is 4. The Morgan fingerprint density at radius 2 is 1.57 bits per heavy atom. The van der Waals surface area contributed by atoms with Crippen LogP contribution in [-0.2, 0) is 22.5 Å². The minimum Gasteiger partial charge on any atom is -0.480 e. The summed E-state index contributed by atoms with van der Waals surface area (Å²) < 4.78 is 7.41. The number of hydrogen-bond donors (Lipinski definition) is 2. The Bertz CT molecular complexity index is 1300. The predicted octanol–water partition coefficient (Wildman–Crippen LogP) is 4.47. The number of benzene rings is 3. The number of ether oxygens (including phenoxy) is 1. The van der Waals surface area contributed by atoms with Crippen molar-refractivity contribution >= 4 is 12.1 Å². The molecule has 176 valence electrons. The number of nitrogens with one attached hydrogen (secondary N) is 1. The summed E-state index contributed by atoms with van der Waals surface area (Å²) in [4.78, 5) is 28.7. The minimum atomic E-state index is -1.14. The first-order valence-corrected chi connectivity index (χ1v) is 11.5. The number of nitrogens with zero attached hydrogens (tertiary/aromatic N) is 2. The summed E-state index contributed by atoms with van der Waals surface area (Å²) in [5.74, 6) is -1.23. The summed E-state index contributed by atoms with van der Waals surface area (Å²) in [6.07, 6.45) is 2.62. The Balaban J connectivity index is 1.24. The molecule has 0 saturated heterocycles. The molecule has 7 heteroatoms. The van der Waals surface area contributed by atoms with E-state index in [4.69, 9.17) is 4.74 Å². The van der Waals surface area contributed by atoms with Gasteiger partial charge in [0.1, 0.15) is 12.6 Å². The molecule has 0 aliphatic heterocycles. The van der Waals surface area contributed by atoms with Gasteiger partial charge >= 0.3 is 12.1 Å². The largest absolute Gasteiger partial charge is 0.480 e. The van der Waals surface area contributed by atoms with Crippen LogP contribution in [0.2, 0.25) is 0 Å². The van der Waals surface area contributed by atoms with Gasteiger partial charge in [0, 0.05) is 30.8 Å². The zero-order chi connectivity index (χ0) is 24.2. The maximum absolute atomic E-state index is 12.6. The van der Waals surface area contributed by atoms with Crippen LogP contribution in [0.3, 0.4) is 0 Å². The van der Waals surface area contributed by atoms with Crippen molar-refractivity contribution < 1.29 is 19.4 Å². The fraction of sp³-hybridized carbons (Fsp3) is 0.179. The van der Waals surface area contributed by atoms with E-state index in [1.165, 1.54) is 0 Å².